The number of rotatable bonds is 13. The van der Waals surface area contributed by atoms with Crippen molar-refractivity contribution < 1.29 is 19.8 Å². The molecule has 4 rings (SSSR count). The van der Waals surface area contributed by atoms with Gasteiger partial charge in [0, 0.05) is 6.54 Å². The molecule has 0 spiro atoms. The van der Waals surface area contributed by atoms with Crippen LogP contribution in [0.25, 0.3) is 0 Å². The molecule has 3 aromatic rings. The molecule has 1 fully saturated rings. The summed E-state index contributed by atoms with van der Waals surface area (Å²) in [6, 6.07) is 27.9. The maximum Gasteiger partial charge on any atom is 0.324 e. The fourth-order valence-electron chi connectivity index (χ4n) is 7.60. The van der Waals surface area contributed by atoms with Gasteiger partial charge >= 0.3 is 11.9 Å². The molecule has 3 atom stereocenters. The third-order valence-corrected chi connectivity index (χ3v) is 9.78. The number of nitrogens with zero attached hydrogens (tertiary/aromatic N) is 2. The van der Waals surface area contributed by atoms with E-state index in [1.807, 2.05) is 26.0 Å². The maximum absolute atomic E-state index is 12.7. The zero-order valence-corrected chi connectivity index (χ0v) is 26.1. The van der Waals surface area contributed by atoms with Gasteiger partial charge in [0.25, 0.3) is 0 Å². The fourth-order valence-corrected chi connectivity index (χ4v) is 7.60. The lowest BCUT2D eigenvalue weighted by Crippen LogP contribution is -2.59. The summed E-state index contributed by atoms with van der Waals surface area (Å²) >= 11 is 0. The highest BCUT2D eigenvalue weighted by Gasteiger charge is 2.50. The number of carboxylic acids is 2. The van der Waals surface area contributed by atoms with Crippen LogP contribution in [0.3, 0.4) is 0 Å². The summed E-state index contributed by atoms with van der Waals surface area (Å²) < 4.78 is 0. The standard InChI is InChI=1S/C37H47N2O4/c1-6-38(7-2)37(30-15-11-9-12-16-30,31-17-13-10-14-18-31)33-20-19-29(25-27(33)4)22-24-39(8-3)36(35(42)43)23-21-32(34(40)41)28(5)26-36/h9-20,25,28,32H,1,6-8,21-24,26H2,2-5H3,(H,40,41)(H,42,43). The van der Waals surface area contributed by atoms with Gasteiger partial charge in [-0.25, -0.2) is 0 Å². The Balaban J connectivity index is 1.70. The monoisotopic (exact) mass is 583 g/mol. The number of carbonyl (C=O) groups is 2. The lowest BCUT2D eigenvalue weighted by atomic mass is 9.69. The molecule has 0 aromatic heterocycles. The zero-order chi connectivity index (χ0) is 31.2. The SMILES string of the molecule is [CH2]CN(CC)C(c1ccccc1)(c1ccccc1)c1ccc(CCN(CC)C2(C(=O)O)CCC(C(=O)O)C(C)C2)cc1C. The molecule has 6 heteroatoms. The largest absolute Gasteiger partial charge is 0.481 e. The predicted molar refractivity (Wildman–Crippen MR) is 172 cm³/mol. The average Bonchev–Trinajstić information content (AvgIpc) is 3.01. The van der Waals surface area contributed by atoms with Crippen molar-refractivity contribution in [1.29, 1.82) is 0 Å². The number of carboxylic acid groups (broad SMARTS) is 2. The van der Waals surface area contributed by atoms with Crippen LogP contribution in [-0.2, 0) is 21.5 Å². The number of hydrogen-bond acceptors (Lipinski definition) is 4. The van der Waals surface area contributed by atoms with E-state index in [1.54, 1.807) is 0 Å². The molecule has 0 saturated heterocycles. The third kappa shape index (κ3) is 6.13. The molecule has 1 radical (unpaired) electrons. The first kappa shape index (κ1) is 32.4. The Hall–Kier alpha value is -3.48. The Kier molecular flexibility index (Phi) is 10.5. The van der Waals surface area contributed by atoms with Crippen LogP contribution in [0.5, 0.6) is 0 Å². The molecule has 229 valence electrons. The number of benzene rings is 3. The van der Waals surface area contributed by atoms with Gasteiger partial charge in [0.2, 0.25) is 0 Å². The molecule has 1 aliphatic carbocycles. The molecular formula is C37H47N2O4. The first-order valence-corrected chi connectivity index (χ1v) is 15.6. The van der Waals surface area contributed by atoms with Crippen LogP contribution in [0, 0.1) is 25.7 Å². The number of aliphatic carboxylic acids is 2. The topological polar surface area (TPSA) is 81.1 Å². The van der Waals surface area contributed by atoms with E-state index in [-0.39, 0.29) is 5.92 Å². The van der Waals surface area contributed by atoms with Crippen molar-refractivity contribution in [3.8, 4) is 0 Å². The molecule has 3 aromatic carbocycles. The first-order chi connectivity index (χ1) is 20.6. The second-order valence-electron chi connectivity index (χ2n) is 12.0. The summed E-state index contributed by atoms with van der Waals surface area (Å²) in [5, 5.41) is 20.0. The number of likely N-dealkylation sites (N-methyl/N-ethyl adjacent to an activating group) is 1. The number of hydrogen-bond donors (Lipinski definition) is 2. The highest BCUT2D eigenvalue weighted by molar-refractivity contribution is 5.80. The molecule has 0 aliphatic heterocycles. The van der Waals surface area contributed by atoms with Gasteiger partial charge in [-0.15, -0.1) is 0 Å². The molecule has 43 heavy (non-hydrogen) atoms. The van der Waals surface area contributed by atoms with E-state index in [0.29, 0.717) is 45.3 Å². The van der Waals surface area contributed by atoms with Crippen molar-refractivity contribution in [3.63, 3.8) is 0 Å². The van der Waals surface area contributed by atoms with Gasteiger partial charge in [-0.2, -0.15) is 0 Å². The van der Waals surface area contributed by atoms with E-state index in [1.165, 1.54) is 22.3 Å². The van der Waals surface area contributed by atoms with Gasteiger partial charge < -0.3 is 10.2 Å². The van der Waals surface area contributed by atoms with Gasteiger partial charge in [0.1, 0.15) is 5.54 Å². The second-order valence-corrected chi connectivity index (χ2v) is 12.0. The molecule has 2 N–H and O–H groups in total. The smallest absolute Gasteiger partial charge is 0.324 e. The lowest BCUT2D eigenvalue weighted by molar-refractivity contribution is -0.161. The summed E-state index contributed by atoms with van der Waals surface area (Å²) in [6.07, 6.45) is 1.79. The lowest BCUT2D eigenvalue weighted by Gasteiger charge is -2.46. The highest BCUT2D eigenvalue weighted by atomic mass is 16.4. The van der Waals surface area contributed by atoms with Crippen LogP contribution in [0.1, 0.15) is 67.9 Å². The van der Waals surface area contributed by atoms with Crippen LogP contribution in [0.4, 0.5) is 0 Å². The van der Waals surface area contributed by atoms with Gasteiger partial charge in [-0.1, -0.05) is 99.6 Å². The molecule has 3 unspecified atom stereocenters. The Labute approximate surface area is 257 Å². The molecule has 0 bridgehead atoms. The molecule has 0 heterocycles. The third-order valence-electron chi connectivity index (χ3n) is 9.78. The minimum Gasteiger partial charge on any atom is -0.481 e. The van der Waals surface area contributed by atoms with Crippen LogP contribution >= 0.6 is 0 Å². The molecular weight excluding hydrogens is 536 g/mol. The molecule has 1 saturated carbocycles. The predicted octanol–water partition coefficient (Wildman–Crippen LogP) is 6.65. The summed E-state index contributed by atoms with van der Waals surface area (Å²) in [5.41, 5.74) is 4.34. The van der Waals surface area contributed by atoms with Crippen molar-refractivity contribution in [1.82, 2.24) is 9.80 Å². The van der Waals surface area contributed by atoms with E-state index in [4.69, 9.17) is 0 Å². The summed E-state index contributed by atoms with van der Waals surface area (Å²) in [7, 11) is 0. The summed E-state index contributed by atoms with van der Waals surface area (Å²) in [5.74, 6) is -2.36. The van der Waals surface area contributed by atoms with Crippen LogP contribution in [0.15, 0.2) is 78.9 Å². The first-order valence-electron chi connectivity index (χ1n) is 15.6. The van der Waals surface area contributed by atoms with E-state index in [2.05, 4.69) is 97.3 Å². The van der Waals surface area contributed by atoms with Gasteiger partial charge in [0.05, 0.1) is 11.5 Å². The van der Waals surface area contributed by atoms with E-state index in [9.17, 15) is 19.8 Å². The van der Waals surface area contributed by atoms with Crippen LogP contribution in [-0.4, -0.2) is 63.7 Å². The van der Waals surface area contributed by atoms with Gasteiger partial charge in [-0.05, 0) is 92.9 Å². The van der Waals surface area contributed by atoms with E-state index < -0.39 is 28.9 Å². The van der Waals surface area contributed by atoms with Crippen molar-refractivity contribution in [3.05, 3.63) is 114 Å². The quantitative estimate of drug-likeness (QED) is 0.219. The molecule has 1 aliphatic rings. The molecule has 6 nitrogen and oxygen atoms in total. The van der Waals surface area contributed by atoms with Crippen molar-refractivity contribution in [2.75, 3.05) is 26.2 Å². The van der Waals surface area contributed by atoms with Crippen LogP contribution in [0.2, 0.25) is 0 Å². The minimum absolute atomic E-state index is 0.198. The minimum atomic E-state index is -1.04. The Morgan fingerprint density at radius 3 is 2.00 bits per heavy atom. The van der Waals surface area contributed by atoms with Crippen molar-refractivity contribution >= 4 is 11.9 Å². The number of aryl methyl sites for hydroxylation is 1. The summed E-state index contributed by atoms with van der Waals surface area (Å²) in [6.45, 7) is 15.2. The van der Waals surface area contributed by atoms with E-state index >= 15 is 0 Å². The zero-order valence-electron chi connectivity index (χ0n) is 26.1. The fraction of sp³-hybridized carbons (Fsp3) is 0.432. The van der Waals surface area contributed by atoms with Crippen LogP contribution < -0.4 is 0 Å². The second kappa shape index (κ2) is 13.9. The summed E-state index contributed by atoms with van der Waals surface area (Å²) in [4.78, 5) is 28.9. The highest BCUT2D eigenvalue weighted by Crippen LogP contribution is 2.44. The van der Waals surface area contributed by atoms with E-state index in [0.717, 1.165) is 12.1 Å². The Bertz CT molecular complexity index is 1330. The van der Waals surface area contributed by atoms with Gasteiger partial charge in [0.15, 0.2) is 0 Å². The Morgan fingerprint density at radius 2 is 1.56 bits per heavy atom. The van der Waals surface area contributed by atoms with Crippen molar-refractivity contribution in [2.45, 2.75) is 64.5 Å². The van der Waals surface area contributed by atoms with Crippen molar-refractivity contribution in [2.24, 2.45) is 11.8 Å². The average molecular weight is 584 g/mol. The van der Waals surface area contributed by atoms with Gasteiger partial charge in [-0.3, -0.25) is 19.4 Å². The Morgan fingerprint density at radius 1 is 0.953 bits per heavy atom. The maximum atomic E-state index is 12.7. The normalized spacial score (nSPS) is 20.8. The molecule has 0 amide bonds.